The lowest BCUT2D eigenvalue weighted by molar-refractivity contribution is 0.122. The molecule has 0 bridgehead atoms. The van der Waals surface area contributed by atoms with E-state index in [4.69, 9.17) is 19.7 Å². The number of aromatic nitrogens is 5. The quantitative estimate of drug-likeness (QED) is 0.666. The zero-order valence-corrected chi connectivity index (χ0v) is 16.0. The second-order valence-corrected chi connectivity index (χ2v) is 7.16. The van der Waals surface area contributed by atoms with Crippen molar-refractivity contribution in [3.8, 4) is 0 Å². The maximum Gasteiger partial charge on any atom is 0.227 e. The van der Waals surface area contributed by atoms with Crippen LogP contribution in [0.2, 0.25) is 0 Å². The minimum Gasteiger partial charge on any atom is -0.378 e. The van der Waals surface area contributed by atoms with Gasteiger partial charge in [0.05, 0.1) is 19.4 Å². The first-order chi connectivity index (χ1) is 13.8. The summed E-state index contributed by atoms with van der Waals surface area (Å²) in [6.07, 6.45) is 3.73. The average Bonchev–Trinajstić information content (AvgIpc) is 3.22. The fourth-order valence-corrected chi connectivity index (χ4v) is 3.75. The molecule has 0 spiro atoms. The second kappa shape index (κ2) is 7.23. The molecule has 146 valence electrons. The summed E-state index contributed by atoms with van der Waals surface area (Å²) in [6.45, 7) is 8.84. The molecule has 0 saturated carbocycles. The molecule has 0 N–H and O–H groups in total. The zero-order valence-electron chi connectivity index (χ0n) is 16.0. The molecule has 28 heavy (non-hydrogen) atoms. The summed E-state index contributed by atoms with van der Waals surface area (Å²) in [7, 11) is 0. The predicted octanol–water partition coefficient (Wildman–Crippen LogP) is 0.991. The van der Waals surface area contributed by atoms with Crippen LogP contribution in [0.4, 0.5) is 17.6 Å². The van der Waals surface area contributed by atoms with Crippen molar-refractivity contribution in [1.29, 1.82) is 0 Å². The van der Waals surface area contributed by atoms with Gasteiger partial charge in [-0.2, -0.15) is 10.1 Å². The van der Waals surface area contributed by atoms with Gasteiger partial charge in [-0.05, 0) is 13.0 Å². The summed E-state index contributed by atoms with van der Waals surface area (Å²) in [6, 6.07) is 6.01. The van der Waals surface area contributed by atoms with Crippen LogP contribution in [-0.2, 0) is 4.74 Å². The van der Waals surface area contributed by atoms with Crippen molar-refractivity contribution in [2.24, 2.45) is 0 Å². The highest BCUT2D eigenvalue weighted by molar-refractivity contribution is 5.50. The van der Waals surface area contributed by atoms with Crippen molar-refractivity contribution < 1.29 is 4.74 Å². The molecule has 0 unspecified atom stereocenters. The van der Waals surface area contributed by atoms with Crippen molar-refractivity contribution in [1.82, 2.24) is 24.6 Å². The Balaban J connectivity index is 1.30. The molecule has 5 rings (SSSR count). The minimum atomic E-state index is 0.756. The van der Waals surface area contributed by atoms with E-state index in [9.17, 15) is 0 Å². The van der Waals surface area contributed by atoms with E-state index >= 15 is 0 Å². The van der Waals surface area contributed by atoms with Crippen LogP contribution in [0.5, 0.6) is 0 Å². The summed E-state index contributed by atoms with van der Waals surface area (Å²) in [5, 5.41) is 4.21. The molecule has 0 amide bonds. The van der Waals surface area contributed by atoms with E-state index in [-0.39, 0.29) is 0 Å². The molecule has 5 heterocycles. The van der Waals surface area contributed by atoms with Gasteiger partial charge >= 0.3 is 0 Å². The van der Waals surface area contributed by atoms with E-state index in [1.54, 1.807) is 10.7 Å². The lowest BCUT2D eigenvalue weighted by Gasteiger charge is -2.36. The number of anilines is 3. The topological polar surface area (TPSA) is 74.9 Å². The third kappa shape index (κ3) is 3.33. The van der Waals surface area contributed by atoms with Crippen LogP contribution in [0.25, 0.3) is 5.65 Å². The number of fused-ring (bicyclic) bond motifs is 1. The Hall–Kier alpha value is -2.94. The van der Waals surface area contributed by atoms with Crippen LogP contribution in [0, 0.1) is 6.92 Å². The first kappa shape index (κ1) is 17.2. The fourth-order valence-electron chi connectivity index (χ4n) is 3.75. The molecule has 0 aromatic carbocycles. The Morgan fingerprint density at radius 1 is 0.821 bits per heavy atom. The maximum absolute atomic E-state index is 5.46. The summed E-state index contributed by atoms with van der Waals surface area (Å²) in [4.78, 5) is 21.1. The fraction of sp³-hybridized carbons (Fsp3) is 0.474. The van der Waals surface area contributed by atoms with Gasteiger partial charge in [0.15, 0.2) is 5.65 Å². The van der Waals surface area contributed by atoms with E-state index in [1.165, 1.54) is 0 Å². The van der Waals surface area contributed by atoms with Crippen molar-refractivity contribution in [3.63, 3.8) is 0 Å². The molecule has 0 radical (unpaired) electrons. The van der Waals surface area contributed by atoms with Gasteiger partial charge in [-0.3, -0.25) is 0 Å². The normalized spacial score (nSPS) is 18.1. The van der Waals surface area contributed by atoms with Gasteiger partial charge < -0.3 is 19.4 Å². The number of rotatable bonds is 3. The molecular formula is C19H24N8O. The van der Waals surface area contributed by atoms with Gasteiger partial charge in [-0.25, -0.2) is 14.5 Å². The molecule has 2 aliphatic heterocycles. The van der Waals surface area contributed by atoms with E-state index in [1.807, 2.05) is 25.3 Å². The highest BCUT2D eigenvalue weighted by Crippen LogP contribution is 2.21. The predicted molar refractivity (Wildman–Crippen MR) is 107 cm³/mol. The highest BCUT2D eigenvalue weighted by atomic mass is 16.5. The Morgan fingerprint density at radius 3 is 2.39 bits per heavy atom. The van der Waals surface area contributed by atoms with Gasteiger partial charge in [0.25, 0.3) is 0 Å². The lowest BCUT2D eigenvalue weighted by Crippen LogP contribution is -2.47. The molecular weight excluding hydrogens is 356 g/mol. The molecule has 9 nitrogen and oxygen atoms in total. The van der Waals surface area contributed by atoms with Gasteiger partial charge in [0.2, 0.25) is 5.95 Å². The third-order valence-electron chi connectivity index (χ3n) is 5.29. The number of nitrogens with zero attached hydrogens (tertiary/aromatic N) is 8. The number of hydrogen-bond acceptors (Lipinski definition) is 8. The van der Waals surface area contributed by atoms with E-state index in [0.29, 0.717) is 0 Å². The van der Waals surface area contributed by atoms with Crippen molar-refractivity contribution in [2.45, 2.75) is 6.92 Å². The summed E-state index contributed by atoms with van der Waals surface area (Å²) < 4.78 is 7.25. The number of hydrogen-bond donors (Lipinski definition) is 0. The SMILES string of the molecule is Cc1cc(N2CCOCC2)nc(N2CCN(c3ccn4nccc4n3)CC2)n1. The highest BCUT2D eigenvalue weighted by Gasteiger charge is 2.22. The number of aryl methyl sites for hydroxylation is 1. The van der Waals surface area contributed by atoms with Gasteiger partial charge in [0.1, 0.15) is 11.6 Å². The molecule has 2 fully saturated rings. The Morgan fingerprint density at radius 2 is 1.57 bits per heavy atom. The van der Waals surface area contributed by atoms with Gasteiger partial charge in [-0.15, -0.1) is 0 Å². The summed E-state index contributed by atoms with van der Waals surface area (Å²) >= 11 is 0. The molecule has 0 aliphatic carbocycles. The van der Waals surface area contributed by atoms with Gasteiger partial charge in [0, 0.05) is 63.3 Å². The number of morpholine rings is 1. The Bertz CT molecular complexity index is 959. The summed E-state index contributed by atoms with van der Waals surface area (Å²) in [5.74, 6) is 2.81. The van der Waals surface area contributed by atoms with Crippen molar-refractivity contribution in [2.75, 3.05) is 67.2 Å². The van der Waals surface area contributed by atoms with E-state index in [2.05, 4.69) is 25.9 Å². The molecule has 2 saturated heterocycles. The van der Waals surface area contributed by atoms with Crippen LogP contribution in [0.1, 0.15) is 5.69 Å². The smallest absolute Gasteiger partial charge is 0.227 e. The van der Waals surface area contributed by atoms with Gasteiger partial charge in [-0.1, -0.05) is 0 Å². The van der Waals surface area contributed by atoms with E-state index in [0.717, 1.165) is 81.4 Å². The van der Waals surface area contributed by atoms with Crippen LogP contribution in [-0.4, -0.2) is 77.0 Å². The molecule has 3 aromatic heterocycles. The largest absolute Gasteiger partial charge is 0.378 e. The summed E-state index contributed by atoms with van der Waals surface area (Å²) in [5.41, 5.74) is 1.87. The molecule has 2 aliphatic rings. The average molecular weight is 380 g/mol. The Kier molecular flexibility index (Phi) is 4.44. The van der Waals surface area contributed by atoms with E-state index < -0.39 is 0 Å². The van der Waals surface area contributed by atoms with Crippen molar-refractivity contribution >= 4 is 23.2 Å². The lowest BCUT2D eigenvalue weighted by atomic mass is 10.3. The third-order valence-corrected chi connectivity index (χ3v) is 5.29. The monoisotopic (exact) mass is 380 g/mol. The van der Waals surface area contributed by atoms with Crippen LogP contribution < -0.4 is 14.7 Å². The molecule has 9 heteroatoms. The zero-order chi connectivity index (χ0) is 18.9. The molecule has 0 atom stereocenters. The van der Waals surface area contributed by atoms with Crippen LogP contribution >= 0.6 is 0 Å². The Labute approximate surface area is 163 Å². The number of ether oxygens (including phenoxy) is 1. The standard InChI is InChI=1S/C19H24N8O/c1-15-14-18(25-10-12-28-13-11-25)23-19(21-15)26-8-6-24(7-9-26)16-3-5-27-17(22-16)2-4-20-27/h2-5,14H,6-13H2,1H3. The van der Waals surface area contributed by atoms with Crippen LogP contribution in [0.15, 0.2) is 30.6 Å². The maximum atomic E-state index is 5.46. The van der Waals surface area contributed by atoms with Crippen molar-refractivity contribution in [3.05, 3.63) is 36.3 Å². The molecule has 3 aromatic rings. The first-order valence-electron chi connectivity index (χ1n) is 9.75. The number of piperazine rings is 1. The van der Waals surface area contributed by atoms with Crippen LogP contribution in [0.3, 0.4) is 0 Å². The second-order valence-electron chi connectivity index (χ2n) is 7.16. The first-order valence-corrected chi connectivity index (χ1v) is 9.75. The minimum absolute atomic E-state index is 0.756.